The number of carbonyl (C=O) groups excluding carboxylic acids is 1. The van der Waals surface area contributed by atoms with Gasteiger partial charge in [-0.25, -0.2) is 9.07 Å². The van der Waals surface area contributed by atoms with Gasteiger partial charge in [0.05, 0.1) is 6.54 Å². The highest BCUT2D eigenvalue weighted by Crippen LogP contribution is 2.29. The minimum absolute atomic E-state index is 0.0148. The first-order chi connectivity index (χ1) is 13.1. The van der Waals surface area contributed by atoms with Crippen molar-refractivity contribution >= 4 is 5.91 Å². The Morgan fingerprint density at radius 2 is 1.96 bits per heavy atom. The molecule has 0 unspecified atom stereocenters. The van der Waals surface area contributed by atoms with Crippen molar-refractivity contribution in [1.82, 2.24) is 25.1 Å². The average molecular weight is 365 g/mol. The zero-order chi connectivity index (χ0) is 18.8. The molecule has 1 saturated heterocycles. The summed E-state index contributed by atoms with van der Waals surface area (Å²) in [5, 5.41) is 11.4. The monoisotopic (exact) mass is 365 g/mol. The molecule has 4 rings (SSSR count). The van der Waals surface area contributed by atoms with Crippen LogP contribution in [0.5, 0.6) is 0 Å². The van der Waals surface area contributed by atoms with Crippen molar-refractivity contribution in [3.8, 4) is 0 Å². The van der Waals surface area contributed by atoms with Gasteiger partial charge in [0.25, 0.3) is 5.91 Å². The molecule has 1 aromatic heterocycles. The maximum Gasteiger partial charge on any atom is 0.253 e. The summed E-state index contributed by atoms with van der Waals surface area (Å²) in [6, 6.07) is 14.3. The van der Waals surface area contributed by atoms with Crippen molar-refractivity contribution in [2.45, 2.75) is 25.8 Å². The normalized spacial score (nSPS) is 16.7. The molecule has 1 aliphatic rings. The maximum absolute atomic E-state index is 14.0. The van der Waals surface area contributed by atoms with Crippen LogP contribution in [0.2, 0.25) is 0 Å². The number of benzene rings is 2. The second kappa shape index (κ2) is 7.26. The van der Waals surface area contributed by atoms with Gasteiger partial charge in [-0.15, -0.1) is 5.10 Å². The highest BCUT2D eigenvalue weighted by molar-refractivity contribution is 5.94. The lowest BCUT2D eigenvalue weighted by atomic mass is 9.98. The van der Waals surface area contributed by atoms with Crippen molar-refractivity contribution in [1.29, 1.82) is 0 Å². The number of amides is 1. The maximum atomic E-state index is 14.0. The van der Waals surface area contributed by atoms with Crippen molar-refractivity contribution in [2.24, 2.45) is 0 Å². The Balaban J connectivity index is 1.43. The van der Waals surface area contributed by atoms with Crippen molar-refractivity contribution in [3.63, 3.8) is 0 Å². The van der Waals surface area contributed by atoms with E-state index in [1.807, 2.05) is 43.3 Å². The molecule has 0 bridgehead atoms. The lowest BCUT2D eigenvalue weighted by molar-refractivity contribution is 0.0790. The van der Waals surface area contributed by atoms with Crippen LogP contribution in [-0.4, -0.2) is 44.1 Å². The molecule has 7 heteroatoms. The number of aryl methyl sites for hydroxylation is 1. The number of halogens is 1. The molecule has 1 aliphatic heterocycles. The number of aromatic nitrogens is 4. The van der Waals surface area contributed by atoms with E-state index >= 15 is 0 Å². The van der Waals surface area contributed by atoms with Crippen LogP contribution in [0.3, 0.4) is 0 Å². The Labute approximate surface area is 156 Å². The lowest BCUT2D eigenvalue weighted by Crippen LogP contribution is -2.28. The number of hydrogen-bond donors (Lipinski definition) is 0. The predicted octanol–water partition coefficient (Wildman–Crippen LogP) is 2.80. The Bertz CT molecular complexity index is 953. The zero-order valence-corrected chi connectivity index (χ0v) is 15.0. The van der Waals surface area contributed by atoms with Crippen LogP contribution in [-0.2, 0) is 6.54 Å². The number of tetrazole rings is 1. The number of rotatable bonds is 4. The minimum atomic E-state index is -0.195. The van der Waals surface area contributed by atoms with Crippen LogP contribution in [0.4, 0.5) is 4.39 Å². The first kappa shape index (κ1) is 17.3. The molecule has 3 aromatic rings. The zero-order valence-electron chi connectivity index (χ0n) is 15.0. The molecule has 0 spiro atoms. The van der Waals surface area contributed by atoms with Gasteiger partial charge in [0.1, 0.15) is 11.6 Å². The van der Waals surface area contributed by atoms with E-state index in [1.165, 1.54) is 6.07 Å². The van der Waals surface area contributed by atoms with E-state index in [4.69, 9.17) is 0 Å². The molecule has 2 heterocycles. The van der Waals surface area contributed by atoms with Gasteiger partial charge < -0.3 is 4.90 Å². The van der Waals surface area contributed by atoms with Crippen LogP contribution >= 0.6 is 0 Å². The standard InChI is InChI=1S/C20H20FN5O/c1-14-22-23-24-26(14)12-15-6-8-16(9-7-15)20(27)25-11-10-17(13-25)18-4-2-3-5-19(18)21/h2-9,17H,10-13H2,1H3/t17-/m0/s1. The number of carbonyl (C=O) groups is 1. The third-order valence-corrected chi connectivity index (χ3v) is 5.06. The fourth-order valence-electron chi connectivity index (χ4n) is 3.51. The van der Waals surface area contributed by atoms with Crippen molar-refractivity contribution in [3.05, 3.63) is 76.9 Å². The van der Waals surface area contributed by atoms with Crippen LogP contribution in [0.25, 0.3) is 0 Å². The van der Waals surface area contributed by atoms with Crippen molar-refractivity contribution in [2.75, 3.05) is 13.1 Å². The highest BCUT2D eigenvalue weighted by Gasteiger charge is 2.29. The van der Waals surface area contributed by atoms with E-state index in [-0.39, 0.29) is 17.6 Å². The van der Waals surface area contributed by atoms with E-state index in [0.29, 0.717) is 30.8 Å². The molecule has 1 atom stereocenters. The van der Waals surface area contributed by atoms with E-state index in [0.717, 1.165) is 17.8 Å². The Hall–Kier alpha value is -3.09. The lowest BCUT2D eigenvalue weighted by Gasteiger charge is -2.17. The van der Waals surface area contributed by atoms with Gasteiger partial charge >= 0.3 is 0 Å². The van der Waals surface area contributed by atoms with Crippen molar-refractivity contribution < 1.29 is 9.18 Å². The fraction of sp³-hybridized carbons (Fsp3) is 0.300. The summed E-state index contributed by atoms with van der Waals surface area (Å²) in [6.45, 7) is 3.60. The molecule has 138 valence electrons. The van der Waals surface area contributed by atoms with Crippen LogP contribution in [0, 0.1) is 12.7 Å². The number of hydrogen-bond acceptors (Lipinski definition) is 4. The second-order valence-electron chi connectivity index (χ2n) is 6.84. The Morgan fingerprint density at radius 1 is 1.19 bits per heavy atom. The Kier molecular flexibility index (Phi) is 4.66. The third kappa shape index (κ3) is 3.58. The molecule has 0 radical (unpaired) electrons. The van der Waals surface area contributed by atoms with E-state index in [2.05, 4.69) is 15.5 Å². The number of nitrogens with zero attached hydrogens (tertiary/aromatic N) is 5. The second-order valence-corrected chi connectivity index (χ2v) is 6.84. The molecule has 1 amide bonds. The van der Waals surface area contributed by atoms with Gasteiger partial charge in [-0.2, -0.15) is 0 Å². The molecule has 0 N–H and O–H groups in total. The van der Waals surface area contributed by atoms with E-state index in [9.17, 15) is 9.18 Å². The summed E-state index contributed by atoms with van der Waals surface area (Å²) in [4.78, 5) is 14.6. The molecule has 2 aromatic carbocycles. The summed E-state index contributed by atoms with van der Waals surface area (Å²) in [6.07, 6.45) is 0.781. The highest BCUT2D eigenvalue weighted by atomic mass is 19.1. The van der Waals surface area contributed by atoms with Crippen LogP contribution in [0.1, 0.15) is 39.6 Å². The van der Waals surface area contributed by atoms with Gasteiger partial charge in [0, 0.05) is 24.6 Å². The summed E-state index contributed by atoms with van der Waals surface area (Å²) in [7, 11) is 0. The smallest absolute Gasteiger partial charge is 0.253 e. The van der Waals surface area contributed by atoms with Gasteiger partial charge in [-0.05, 0) is 53.1 Å². The Morgan fingerprint density at radius 3 is 2.67 bits per heavy atom. The first-order valence-corrected chi connectivity index (χ1v) is 8.97. The third-order valence-electron chi connectivity index (χ3n) is 5.06. The summed E-state index contributed by atoms with van der Waals surface area (Å²) < 4.78 is 15.7. The predicted molar refractivity (Wildman–Crippen MR) is 97.8 cm³/mol. The molecule has 0 aliphatic carbocycles. The van der Waals surface area contributed by atoms with Gasteiger partial charge in [-0.3, -0.25) is 4.79 Å². The fourth-order valence-corrected chi connectivity index (χ4v) is 3.51. The summed E-state index contributed by atoms with van der Waals surface area (Å²) in [5.41, 5.74) is 2.36. The number of likely N-dealkylation sites (tertiary alicyclic amines) is 1. The molecule has 1 fully saturated rings. The molecule has 0 saturated carbocycles. The van der Waals surface area contributed by atoms with E-state index < -0.39 is 0 Å². The molecule has 6 nitrogen and oxygen atoms in total. The molecule has 27 heavy (non-hydrogen) atoms. The summed E-state index contributed by atoms with van der Waals surface area (Å²) >= 11 is 0. The van der Waals surface area contributed by atoms with Gasteiger partial charge in [0.2, 0.25) is 0 Å². The first-order valence-electron chi connectivity index (χ1n) is 8.97. The van der Waals surface area contributed by atoms with Gasteiger partial charge in [-0.1, -0.05) is 30.3 Å². The quantitative estimate of drug-likeness (QED) is 0.713. The van der Waals surface area contributed by atoms with E-state index in [1.54, 1.807) is 15.6 Å². The molecular formula is C20H20FN5O. The minimum Gasteiger partial charge on any atom is -0.338 e. The van der Waals surface area contributed by atoms with Crippen LogP contribution in [0.15, 0.2) is 48.5 Å². The largest absolute Gasteiger partial charge is 0.338 e. The van der Waals surface area contributed by atoms with Crippen LogP contribution < -0.4 is 0 Å². The van der Waals surface area contributed by atoms with Gasteiger partial charge in [0.15, 0.2) is 0 Å². The topological polar surface area (TPSA) is 63.9 Å². The summed E-state index contributed by atoms with van der Waals surface area (Å²) in [5.74, 6) is 0.585. The SMILES string of the molecule is Cc1nnnn1Cc1ccc(C(=O)N2CC[C@H](c3ccccc3F)C2)cc1. The molecular weight excluding hydrogens is 345 g/mol. The average Bonchev–Trinajstić information content (AvgIpc) is 3.32.